The Morgan fingerprint density at radius 3 is 2.42 bits per heavy atom. The highest BCUT2D eigenvalue weighted by molar-refractivity contribution is 5.95. The van der Waals surface area contributed by atoms with Crippen LogP contribution in [-0.4, -0.2) is 36.0 Å². The summed E-state index contributed by atoms with van der Waals surface area (Å²) in [7, 11) is 0. The van der Waals surface area contributed by atoms with Gasteiger partial charge in [0.1, 0.15) is 0 Å². The van der Waals surface area contributed by atoms with Crippen LogP contribution in [0.25, 0.3) is 0 Å². The smallest absolute Gasteiger partial charge is 0.321 e. The summed E-state index contributed by atoms with van der Waals surface area (Å²) in [5, 5.41) is 6.04. The fraction of sp³-hybridized carbons (Fsp3) is 0.333. The molecule has 0 saturated carbocycles. The average molecular weight is 351 g/mol. The third-order valence-corrected chi connectivity index (χ3v) is 4.78. The first-order chi connectivity index (χ1) is 12.5. The van der Waals surface area contributed by atoms with Gasteiger partial charge in [-0.1, -0.05) is 30.3 Å². The Morgan fingerprint density at radius 2 is 1.73 bits per heavy atom. The summed E-state index contributed by atoms with van der Waals surface area (Å²) >= 11 is 0. The van der Waals surface area contributed by atoms with E-state index in [-0.39, 0.29) is 18.0 Å². The summed E-state index contributed by atoms with van der Waals surface area (Å²) in [6, 6.07) is 15.4. The Morgan fingerprint density at radius 1 is 1.00 bits per heavy atom. The van der Waals surface area contributed by atoms with Gasteiger partial charge in [-0.25, -0.2) is 4.79 Å². The van der Waals surface area contributed by atoms with Crippen molar-refractivity contribution < 1.29 is 9.59 Å². The average Bonchev–Trinajstić information content (AvgIpc) is 2.62. The zero-order valence-electron chi connectivity index (χ0n) is 15.3. The number of anilines is 1. The number of hydrogen-bond donors (Lipinski definition) is 2. The summed E-state index contributed by atoms with van der Waals surface area (Å²) in [5.74, 6) is -0.0363. The maximum absolute atomic E-state index is 12.4. The van der Waals surface area contributed by atoms with Gasteiger partial charge >= 0.3 is 6.03 Å². The van der Waals surface area contributed by atoms with Crippen molar-refractivity contribution >= 4 is 17.6 Å². The van der Waals surface area contributed by atoms with Crippen molar-refractivity contribution in [2.45, 2.75) is 32.7 Å². The lowest BCUT2D eigenvalue weighted by atomic mass is 10.0. The number of piperidine rings is 1. The van der Waals surface area contributed by atoms with E-state index >= 15 is 0 Å². The number of nitrogens with one attached hydrogen (secondary N) is 2. The maximum atomic E-state index is 12.4. The second kappa shape index (κ2) is 8.04. The molecule has 3 amide bonds. The molecule has 1 fully saturated rings. The summed E-state index contributed by atoms with van der Waals surface area (Å²) < 4.78 is 0. The van der Waals surface area contributed by atoms with Crippen LogP contribution < -0.4 is 10.6 Å². The fourth-order valence-electron chi connectivity index (χ4n) is 3.24. The molecule has 136 valence electrons. The standard InChI is InChI=1S/C21H25N3O2/c1-15-6-5-8-18(14-15)23-21(26)24-12-10-17(11-13-24)22-20(25)19-9-4-3-7-16(19)2/h3-9,14,17H,10-13H2,1-2H3,(H,22,25)(H,23,26). The molecule has 0 spiro atoms. The molecule has 0 bridgehead atoms. The van der Waals surface area contributed by atoms with Crippen LogP contribution in [0.4, 0.5) is 10.5 Å². The summed E-state index contributed by atoms with van der Waals surface area (Å²) in [4.78, 5) is 26.6. The number of hydrogen-bond acceptors (Lipinski definition) is 2. The zero-order chi connectivity index (χ0) is 18.5. The lowest BCUT2D eigenvalue weighted by molar-refractivity contribution is 0.0918. The first-order valence-corrected chi connectivity index (χ1v) is 9.02. The van der Waals surface area contributed by atoms with Crippen LogP contribution in [0.15, 0.2) is 48.5 Å². The number of likely N-dealkylation sites (tertiary alicyclic amines) is 1. The predicted octanol–water partition coefficient (Wildman–Crippen LogP) is 3.73. The maximum Gasteiger partial charge on any atom is 0.321 e. The molecule has 5 nitrogen and oxygen atoms in total. The minimum Gasteiger partial charge on any atom is -0.349 e. The van der Waals surface area contributed by atoms with Crippen molar-refractivity contribution in [1.82, 2.24) is 10.2 Å². The van der Waals surface area contributed by atoms with Crippen LogP contribution >= 0.6 is 0 Å². The Labute approximate surface area is 154 Å². The van der Waals surface area contributed by atoms with Gasteiger partial charge < -0.3 is 15.5 Å². The molecule has 1 heterocycles. The van der Waals surface area contributed by atoms with E-state index in [2.05, 4.69) is 10.6 Å². The van der Waals surface area contributed by atoms with Crippen molar-refractivity contribution in [3.63, 3.8) is 0 Å². The van der Waals surface area contributed by atoms with E-state index in [1.165, 1.54) is 0 Å². The molecular formula is C21H25N3O2. The lowest BCUT2D eigenvalue weighted by Crippen LogP contribution is -2.47. The molecule has 2 N–H and O–H groups in total. The van der Waals surface area contributed by atoms with Gasteiger partial charge in [0.15, 0.2) is 0 Å². The predicted molar refractivity (Wildman–Crippen MR) is 103 cm³/mol. The fourth-order valence-corrected chi connectivity index (χ4v) is 3.24. The highest BCUT2D eigenvalue weighted by atomic mass is 16.2. The summed E-state index contributed by atoms with van der Waals surface area (Å²) in [5.41, 5.74) is 3.61. The quantitative estimate of drug-likeness (QED) is 0.885. The molecule has 3 rings (SSSR count). The number of benzene rings is 2. The van der Waals surface area contributed by atoms with Gasteiger partial charge in [-0.05, 0) is 56.0 Å². The molecule has 0 radical (unpaired) electrons. The van der Waals surface area contributed by atoms with Gasteiger partial charge in [0.25, 0.3) is 5.91 Å². The van der Waals surface area contributed by atoms with Crippen LogP contribution in [0.2, 0.25) is 0 Å². The van der Waals surface area contributed by atoms with Gasteiger partial charge in [-0.3, -0.25) is 4.79 Å². The number of amides is 3. The molecule has 0 aliphatic carbocycles. The van der Waals surface area contributed by atoms with E-state index in [4.69, 9.17) is 0 Å². The number of carbonyl (C=O) groups is 2. The Kier molecular flexibility index (Phi) is 5.56. The van der Waals surface area contributed by atoms with Crippen LogP contribution in [0.1, 0.15) is 34.3 Å². The second-order valence-corrected chi connectivity index (χ2v) is 6.85. The van der Waals surface area contributed by atoms with Gasteiger partial charge in [-0.2, -0.15) is 0 Å². The highest BCUT2D eigenvalue weighted by Gasteiger charge is 2.24. The first kappa shape index (κ1) is 18.0. The number of urea groups is 1. The van der Waals surface area contributed by atoms with Crippen molar-refractivity contribution in [3.05, 3.63) is 65.2 Å². The Balaban J connectivity index is 1.50. The largest absolute Gasteiger partial charge is 0.349 e. The molecular weight excluding hydrogens is 326 g/mol. The second-order valence-electron chi connectivity index (χ2n) is 6.85. The van der Waals surface area contributed by atoms with Crippen LogP contribution in [0.5, 0.6) is 0 Å². The van der Waals surface area contributed by atoms with Crippen LogP contribution in [-0.2, 0) is 0 Å². The Hall–Kier alpha value is -2.82. The van der Waals surface area contributed by atoms with Crippen molar-refractivity contribution in [1.29, 1.82) is 0 Å². The number of aryl methyl sites for hydroxylation is 2. The number of carbonyl (C=O) groups excluding carboxylic acids is 2. The molecule has 2 aromatic carbocycles. The minimum atomic E-state index is -0.0840. The first-order valence-electron chi connectivity index (χ1n) is 9.02. The van der Waals surface area contributed by atoms with Gasteiger partial charge in [0, 0.05) is 30.4 Å². The van der Waals surface area contributed by atoms with E-state index in [0.29, 0.717) is 18.7 Å². The van der Waals surface area contributed by atoms with E-state index in [1.54, 1.807) is 4.90 Å². The Bertz CT molecular complexity index is 795. The summed E-state index contributed by atoms with van der Waals surface area (Å²) in [6.07, 6.45) is 1.53. The lowest BCUT2D eigenvalue weighted by Gasteiger charge is -2.32. The zero-order valence-corrected chi connectivity index (χ0v) is 15.3. The van der Waals surface area contributed by atoms with E-state index in [9.17, 15) is 9.59 Å². The monoisotopic (exact) mass is 351 g/mol. The SMILES string of the molecule is Cc1cccc(NC(=O)N2CCC(NC(=O)c3ccccc3C)CC2)c1. The molecule has 0 unspecified atom stereocenters. The van der Waals surface area contributed by atoms with Gasteiger partial charge in [0.05, 0.1) is 0 Å². The van der Waals surface area contributed by atoms with E-state index < -0.39 is 0 Å². The number of rotatable bonds is 3. The number of nitrogens with zero attached hydrogens (tertiary/aromatic N) is 1. The van der Waals surface area contributed by atoms with E-state index in [1.807, 2.05) is 62.4 Å². The van der Waals surface area contributed by atoms with E-state index in [0.717, 1.165) is 29.7 Å². The van der Waals surface area contributed by atoms with Crippen LogP contribution in [0, 0.1) is 13.8 Å². The highest BCUT2D eigenvalue weighted by Crippen LogP contribution is 2.15. The van der Waals surface area contributed by atoms with Gasteiger partial charge in [0.2, 0.25) is 0 Å². The van der Waals surface area contributed by atoms with Crippen molar-refractivity contribution in [2.24, 2.45) is 0 Å². The molecule has 1 aliphatic rings. The van der Waals surface area contributed by atoms with Crippen molar-refractivity contribution in [3.8, 4) is 0 Å². The topological polar surface area (TPSA) is 61.4 Å². The normalized spacial score (nSPS) is 14.8. The molecule has 26 heavy (non-hydrogen) atoms. The third kappa shape index (κ3) is 4.42. The van der Waals surface area contributed by atoms with Crippen LogP contribution in [0.3, 0.4) is 0 Å². The molecule has 5 heteroatoms. The third-order valence-electron chi connectivity index (χ3n) is 4.78. The molecule has 2 aromatic rings. The summed E-state index contributed by atoms with van der Waals surface area (Å²) in [6.45, 7) is 5.21. The minimum absolute atomic E-state index is 0.0363. The van der Waals surface area contributed by atoms with Crippen molar-refractivity contribution in [2.75, 3.05) is 18.4 Å². The molecule has 1 saturated heterocycles. The van der Waals surface area contributed by atoms with Gasteiger partial charge in [-0.15, -0.1) is 0 Å². The molecule has 1 aliphatic heterocycles. The molecule has 0 aromatic heterocycles. The molecule has 0 atom stereocenters.